The molecule has 0 bridgehead atoms. The van der Waals surface area contributed by atoms with Gasteiger partial charge in [-0.2, -0.15) is 0 Å². The summed E-state index contributed by atoms with van der Waals surface area (Å²) in [5, 5.41) is 19.3. The fraction of sp³-hybridized carbons (Fsp3) is 0.435. The fourth-order valence-corrected chi connectivity index (χ4v) is 3.75. The lowest BCUT2D eigenvalue weighted by Gasteiger charge is -2.16. The number of ether oxygens (including phenoxy) is 1. The van der Waals surface area contributed by atoms with E-state index in [0.29, 0.717) is 12.2 Å². The van der Waals surface area contributed by atoms with Gasteiger partial charge in [0.25, 0.3) is 0 Å². The molecule has 1 heterocycles. The number of aliphatic hydroxyl groups excluding tert-OH is 1. The number of nitrogens with one attached hydrogen (secondary N) is 2. The van der Waals surface area contributed by atoms with Crippen molar-refractivity contribution in [1.82, 2.24) is 9.13 Å². The van der Waals surface area contributed by atoms with E-state index in [2.05, 4.69) is 24.5 Å². The molecule has 1 atom stereocenters. The standard InChI is InChI=1S/C23H32N4O2/c1-4-25(5-2)14-15-26-20-11-7-8-12-21(20)27(23(26)24)16-19(28)17-29-22-13-9-6-10-18(22)3/h6-13,19,24,28H,4-5,14-17H2,1-3H3/p+1. The first-order valence-corrected chi connectivity index (χ1v) is 10.5. The smallest absolute Gasteiger partial charge is 0.203 e. The summed E-state index contributed by atoms with van der Waals surface area (Å²) in [4.78, 5) is 1.51. The Hall–Kier alpha value is -2.57. The van der Waals surface area contributed by atoms with Crippen LogP contribution < -0.4 is 15.3 Å². The summed E-state index contributed by atoms with van der Waals surface area (Å²) in [7, 11) is 0. The summed E-state index contributed by atoms with van der Waals surface area (Å²) in [6.07, 6.45) is -0.698. The monoisotopic (exact) mass is 397 g/mol. The number of benzene rings is 2. The number of fused-ring (bicyclic) bond motifs is 1. The van der Waals surface area contributed by atoms with E-state index >= 15 is 0 Å². The third-order valence-corrected chi connectivity index (χ3v) is 5.58. The molecule has 0 radical (unpaired) electrons. The minimum absolute atomic E-state index is 0.195. The van der Waals surface area contributed by atoms with Gasteiger partial charge < -0.3 is 23.9 Å². The number of para-hydroxylation sites is 3. The molecule has 0 saturated heterocycles. The average Bonchev–Trinajstić information content (AvgIpc) is 2.99. The molecule has 6 nitrogen and oxygen atoms in total. The predicted molar refractivity (Wildman–Crippen MR) is 115 cm³/mol. The van der Waals surface area contributed by atoms with Crippen molar-refractivity contribution in [2.24, 2.45) is 0 Å². The topological polar surface area (TPSA) is 67.6 Å². The number of aliphatic hydroxyl groups is 1. The van der Waals surface area contributed by atoms with Gasteiger partial charge in [0.1, 0.15) is 18.5 Å². The van der Waals surface area contributed by atoms with Crippen molar-refractivity contribution in [3.8, 4) is 5.75 Å². The van der Waals surface area contributed by atoms with Gasteiger partial charge in [-0.15, -0.1) is 0 Å². The molecule has 3 rings (SSSR count). The third kappa shape index (κ3) is 4.89. The van der Waals surface area contributed by atoms with Crippen LogP contribution in [0.4, 0.5) is 0 Å². The highest BCUT2D eigenvalue weighted by Gasteiger charge is 2.16. The SMILES string of the molecule is CC[NH+](CC)CCn1c(=N)n(CC(O)COc2ccccc2C)c2ccccc21. The van der Waals surface area contributed by atoms with Gasteiger partial charge in [-0.25, -0.2) is 0 Å². The Morgan fingerprint density at radius 1 is 1.00 bits per heavy atom. The summed E-state index contributed by atoms with van der Waals surface area (Å²) in [5.41, 5.74) is 3.48. The van der Waals surface area contributed by atoms with Crippen LogP contribution >= 0.6 is 0 Å². The third-order valence-electron chi connectivity index (χ3n) is 5.58. The van der Waals surface area contributed by atoms with E-state index in [1.807, 2.05) is 54.0 Å². The molecule has 0 amide bonds. The van der Waals surface area contributed by atoms with Crippen molar-refractivity contribution in [2.75, 3.05) is 26.2 Å². The number of imidazole rings is 1. The molecule has 0 aliphatic rings. The van der Waals surface area contributed by atoms with Crippen LogP contribution in [-0.2, 0) is 13.1 Å². The first-order valence-electron chi connectivity index (χ1n) is 10.5. The molecular weight excluding hydrogens is 364 g/mol. The molecule has 6 heteroatoms. The number of likely N-dealkylation sites (N-methyl/N-ethyl adjacent to an activating group) is 1. The van der Waals surface area contributed by atoms with Gasteiger partial charge in [-0.1, -0.05) is 30.3 Å². The van der Waals surface area contributed by atoms with Gasteiger partial charge in [0, 0.05) is 0 Å². The van der Waals surface area contributed by atoms with E-state index in [1.165, 1.54) is 4.90 Å². The molecule has 0 spiro atoms. The highest BCUT2D eigenvalue weighted by atomic mass is 16.5. The van der Waals surface area contributed by atoms with Crippen LogP contribution in [0.1, 0.15) is 19.4 Å². The molecule has 2 aromatic carbocycles. The second kappa shape index (κ2) is 9.76. The predicted octanol–water partition coefficient (Wildman–Crippen LogP) is 1.60. The van der Waals surface area contributed by atoms with Crippen LogP contribution in [0.15, 0.2) is 48.5 Å². The van der Waals surface area contributed by atoms with Gasteiger partial charge in [0.05, 0.1) is 43.8 Å². The number of nitrogens with zero attached hydrogens (tertiary/aromatic N) is 2. The zero-order valence-corrected chi connectivity index (χ0v) is 17.7. The summed E-state index contributed by atoms with van der Waals surface area (Å²) in [6, 6.07) is 15.8. The lowest BCUT2D eigenvalue weighted by atomic mass is 10.2. The maximum absolute atomic E-state index is 10.6. The van der Waals surface area contributed by atoms with Crippen LogP contribution in [-0.4, -0.2) is 46.6 Å². The molecule has 3 N–H and O–H groups in total. The average molecular weight is 398 g/mol. The lowest BCUT2D eigenvalue weighted by molar-refractivity contribution is -0.897. The summed E-state index contributed by atoms with van der Waals surface area (Å²) >= 11 is 0. The number of aryl methyl sites for hydroxylation is 1. The molecule has 0 aliphatic heterocycles. The van der Waals surface area contributed by atoms with Gasteiger partial charge >= 0.3 is 0 Å². The fourth-order valence-electron chi connectivity index (χ4n) is 3.75. The minimum Gasteiger partial charge on any atom is -0.491 e. The Labute approximate surface area is 172 Å². The first kappa shape index (κ1) is 21.1. The zero-order chi connectivity index (χ0) is 20.8. The van der Waals surface area contributed by atoms with E-state index in [9.17, 15) is 5.11 Å². The molecule has 29 heavy (non-hydrogen) atoms. The lowest BCUT2D eigenvalue weighted by Crippen LogP contribution is -3.11. The Balaban J connectivity index is 1.77. The second-order valence-corrected chi connectivity index (χ2v) is 7.51. The number of hydrogen-bond donors (Lipinski definition) is 3. The highest BCUT2D eigenvalue weighted by molar-refractivity contribution is 5.75. The number of hydrogen-bond acceptors (Lipinski definition) is 3. The van der Waals surface area contributed by atoms with Crippen molar-refractivity contribution in [3.05, 3.63) is 59.7 Å². The van der Waals surface area contributed by atoms with Gasteiger partial charge in [-0.05, 0) is 44.5 Å². The summed E-state index contributed by atoms with van der Waals surface area (Å²) in [5.74, 6) is 0.785. The molecule has 3 aromatic rings. The van der Waals surface area contributed by atoms with Gasteiger partial charge in [0.15, 0.2) is 0 Å². The molecule has 0 saturated carbocycles. The Bertz CT molecular complexity index is 988. The maximum Gasteiger partial charge on any atom is 0.203 e. The molecule has 1 aromatic heterocycles. The van der Waals surface area contributed by atoms with Crippen molar-refractivity contribution >= 4 is 11.0 Å². The minimum atomic E-state index is -0.698. The highest BCUT2D eigenvalue weighted by Crippen LogP contribution is 2.17. The molecular formula is C23H33N4O2+. The van der Waals surface area contributed by atoms with E-state index in [-0.39, 0.29) is 6.61 Å². The number of aromatic nitrogens is 2. The van der Waals surface area contributed by atoms with Crippen molar-refractivity contribution in [3.63, 3.8) is 0 Å². The van der Waals surface area contributed by atoms with Gasteiger partial charge in [0.2, 0.25) is 5.62 Å². The zero-order valence-electron chi connectivity index (χ0n) is 17.7. The quantitative estimate of drug-likeness (QED) is 0.486. The van der Waals surface area contributed by atoms with Crippen LogP contribution in [0.2, 0.25) is 0 Å². The summed E-state index contributed by atoms with van der Waals surface area (Å²) < 4.78 is 9.74. The molecule has 156 valence electrons. The van der Waals surface area contributed by atoms with E-state index in [1.54, 1.807) is 0 Å². The van der Waals surface area contributed by atoms with Crippen molar-refractivity contribution < 1.29 is 14.7 Å². The number of quaternary nitrogens is 1. The van der Waals surface area contributed by atoms with E-state index in [0.717, 1.165) is 48.5 Å². The molecule has 0 aliphatic carbocycles. The van der Waals surface area contributed by atoms with Crippen LogP contribution in [0.25, 0.3) is 11.0 Å². The Kier molecular flexibility index (Phi) is 7.12. The van der Waals surface area contributed by atoms with Crippen molar-refractivity contribution in [2.45, 2.75) is 40.0 Å². The largest absolute Gasteiger partial charge is 0.491 e. The van der Waals surface area contributed by atoms with Crippen LogP contribution in [0.3, 0.4) is 0 Å². The van der Waals surface area contributed by atoms with E-state index in [4.69, 9.17) is 10.1 Å². The first-order chi connectivity index (χ1) is 14.0. The Morgan fingerprint density at radius 3 is 2.28 bits per heavy atom. The number of rotatable bonds is 10. The maximum atomic E-state index is 10.6. The normalized spacial score (nSPS) is 12.6. The molecule has 0 fully saturated rings. The van der Waals surface area contributed by atoms with E-state index < -0.39 is 6.10 Å². The van der Waals surface area contributed by atoms with Crippen molar-refractivity contribution in [1.29, 1.82) is 5.41 Å². The Morgan fingerprint density at radius 2 is 1.62 bits per heavy atom. The van der Waals surface area contributed by atoms with Gasteiger partial charge in [-0.3, -0.25) is 5.41 Å². The van der Waals surface area contributed by atoms with Crippen LogP contribution in [0.5, 0.6) is 5.75 Å². The molecule has 1 unspecified atom stereocenters. The van der Waals surface area contributed by atoms with Crippen LogP contribution in [0, 0.1) is 12.3 Å². The second-order valence-electron chi connectivity index (χ2n) is 7.51. The summed E-state index contributed by atoms with van der Waals surface area (Å²) in [6.45, 7) is 10.8.